The van der Waals surface area contributed by atoms with Gasteiger partial charge in [0.1, 0.15) is 23.2 Å². The van der Waals surface area contributed by atoms with Gasteiger partial charge < -0.3 is 20.8 Å². The van der Waals surface area contributed by atoms with Gasteiger partial charge in [0, 0.05) is 18.6 Å². The number of carbonyl (C=O) groups is 4. The Morgan fingerprint density at radius 3 is 2.63 bits per heavy atom. The number of H-pyrrole nitrogens is 1. The number of carbonyl (C=O) groups excluding carboxylic acids is 3. The van der Waals surface area contributed by atoms with Crippen LogP contribution in [0.3, 0.4) is 0 Å². The summed E-state index contributed by atoms with van der Waals surface area (Å²) in [6.07, 6.45) is 0.936. The zero-order chi connectivity index (χ0) is 29.3. The Hall–Kier alpha value is -4.78. The molecule has 1 fully saturated rings. The van der Waals surface area contributed by atoms with Crippen LogP contribution >= 0.6 is 23.5 Å². The van der Waals surface area contributed by atoms with Crippen LogP contribution in [-0.2, 0) is 21.4 Å². The zero-order valence-electron chi connectivity index (χ0n) is 21.0. The number of β-lactam (4-membered cyclic amide) rings is 1. The minimum atomic E-state index is -1.28. The normalized spacial score (nSPS) is 18.8. The highest BCUT2D eigenvalue weighted by Gasteiger charge is 2.54. The highest BCUT2D eigenvalue weighted by atomic mass is 32.2. The van der Waals surface area contributed by atoms with Gasteiger partial charge in [0.25, 0.3) is 5.91 Å². The van der Waals surface area contributed by atoms with Crippen LogP contribution in [-0.4, -0.2) is 91.7 Å². The lowest BCUT2D eigenvalue weighted by Crippen LogP contribution is -2.71. The molecule has 2 unspecified atom stereocenters. The molecule has 5 rings (SSSR count). The van der Waals surface area contributed by atoms with Gasteiger partial charge in [0.05, 0.1) is 6.20 Å². The highest BCUT2D eigenvalue weighted by Crippen LogP contribution is 2.41. The molecular formula is C22H22N10O7S2. The molecule has 3 aromatic rings. The standard InChI is InChI=1S/C22H22N10O7S2/c1-30-22(26-28-29-30)41-9-11-8-40-18-14(17(35)32(18)15(11)19(36)37)24-16(34)13(10-5-3-2-4-6-10)25-20(38)27-31-7-12(33)23-21(31)39/h2-7,13-14,18,33H,8-9H2,1H3,(H,23,39)(H,24,34)(H,36,37)(H2,25,27,38)/t13?,14-,18?/m0/s1. The van der Waals surface area contributed by atoms with Crippen LogP contribution in [0, 0.1) is 0 Å². The minimum Gasteiger partial charge on any atom is -0.493 e. The van der Waals surface area contributed by atoms with Crippen molar-refractivity contribution in [3.05, 3.63) is 63.8 Å². The second kappa shape index (κ2) is 11.4. The predicted molar refractivity (Wildman–Crippen MR) is 143 cm³/mol. The molecule has 4 amide bonds. The maximum Gasteiger partial charge on any atom is 0.352 e. The van der Waals surface area contributed by atoms with Gasteiger partial charge >= 0.3 is 17.7 Å². The number of imidazole rings is 1. The van der Waals surface area contributed by atoms with E-state index < -0.39 is 52.8 Å². The van der Waals surface area contributed by atoms with E-state index >= 15 is 0 Å². The van der Waals surface area contributed by atoms with Gasteiger partial charge in [-0.05, 0) is 21.6 Å². The van der Waals surface area contributed by atoms with Gasteiger partial charge in [-0.1, -0.05) is 42.1 Å². The SMILES string of the molecule is Cn1nnnc1SCC1=C(C(=O)O)N2C(=O)[C@H](NC(=O)C(NC(=O)Nn3cc(O)[nH]c3=O)c3ccccc3)C2SC1. The van der Waals surface area contributed by atoms with Crippen molar-refractivity contribution in [2.45, 2.75) is 22.6 Å². The minimum absolute atomic E-state index is 0.149. The molecule has 6 N–H and O–H groups in total. The summed E-state index contributed by atoms with van der Waals surface area (Å²) >= 11 is 2.53. The summed E-state index contributed by atoms with van der Waals surface area (Å²) in [6, 6.07) is 4.92. The van der Waals surface area contributed by atoms with Crippen molar-refractivity contribution in [3.8, 4) is 5.88 Å². The Bertz CT molecular complexity index is 1600. The van der Waals surface area contributed by atoms with E-state index in [0.717, 1.165) is 11.1 Å². The maximum atomic E-state index is 13.4. The van der Waals surface area contributed by atoms with Crippen LogP contribution in [0.1, 0.15) is 11.6 Å². The van der Waals surface area contributed by atoms with Gasteiger partial charge in [-0.3, -0.25) is 19.5 Å². The van der Waals surface area contributed by atoms with E-state index in [1.54, 1.807) is 37.4 Å². The monoisotopic (exact) mass is 602 g/mol. The fraction of sp³-hybridized carbons (Fsp3) is 0.273. The number of aromatic hydroxyl groups is 1. The van der Waals surface area contributed by atoms with Crippen LogP contribution in [0.5, 0.6) is 5.88 Å². The number of aryl methyl sites for hydroxylation is 1. The van der Waals surface area contributed by atoms with Crippen molar-refractivity contribution < 1.29 is 29.4 Å². The Kier molecular flexibility index (Phi) is 7.70. The second-order valence-corrected chi connectivity index (χ2v) is 10.8. The number of hydrogen-bond donors (Lipinski definition) is 6. The smallest absolute Gasteiger partial charge is 0.352 e. The van der Waals surface area contributed by atoms with E-state index in [9.17, 15) is 34.2 Å². The number of benzene rings is 1. The summed E-state index contributed by atoms with van der Waals surface area (Å²) < 4.78 is 2.13. The first-order chi connectivity index (χ1) is 19.6. The summed E-state index contributed by atoms with van der Waals surface area (Å²) in [5.41, 5.74) is 2.11. The largest absolute Gasteiger partial charge is 0.493 e. The summed E-state index contributed by atoms with van der Waals surface area (Å²) in [5, 5.41) is 35.4. The summed E-state index contributed by atoms with van der Waals surface area (Å²) in [4.78, 5) is 66.3. The number of nitrogens with zero attached hydrogens (tertiary/aromatic N) is 6. The number of hydrogen-bond acceptors (Lipinski definition) is 11. The highest BCUT2D eigenvalue weighted by molar-refractivity contribution is 8.01. The lowest BCUT2D eigenvalue weighted by molar-refractivity contribution is -0.150. The van der Waals surface area contributed by atoms with Crippen molar-refractivity contribution in [2.24, 2.45) is 7.05 Å². The molecule has 1 saturated heterocycles. The number of aromatic nitrogens is 6. The first-order valence-corrected chi connectivity index (χ1v) is 13.9. The molecule has 0 saturated carbocycles. The second-order valence-electron chi connectivity index (χ2n) is 8.77. The van der Waals surface area contributed by atoms with Crippen LogP contribution in [0.25, 0.3) is 0 Å². The van der Waals surface area contributed by atoms with Crippen LogP contribution in [0.2, 0.25) is 0 Å². The van der Waals surface area contributed by atoms with E-state index in [-0.39, 0.29) is 11.4 Å². The number of amides is 4. The van der Waals surface area contributed by atoms with Gasteiger partial charge in [0.2, 0.25) is 16.9 Å². The van der Waals surface area contributed by atoms with E-state index in [0.29, 0.717) is 26.7 Å². The number of fused-ring (bicyclic) bond motifs is 1. The number of rotatable bonds is 9. The van der Waals surface area contributed by atoms with Gasteiger partial charge in [-0.15, -0.1) is 16.9 Å². The third-order valence-corrected chi connectivity index (χ3v) is 8.54. The molecule has 0 spiro atoms. The van der Waals surface area contributed by atoms with Crippen LogP contribution in [0.15, 0.2) is 57.7 Å². The third kappa shape index (κ3) is 5.61. The number of thioether (sulfide) groups is 2. The van der Waals surface area contributed by atoms with Crippen molar-refractivity contribution in [2.75, 3.05) is 16.9 Å². The molecule has 3 atom stereocenters. The maximum absolute atomic E-state index is 13.4. The number of tetrazole rings is 1. The van der Waals surface area contributed by atoms with E-state index in [4.69, 9.17) is 0 Å². The van der Waals surface area contributed by atoms with Crippen molar-refractivity contribution in [3.63, 3.8) is 0 Å². The number of urea groups is 1. The van der Waals surface area contributed by atoms with E-state index in [2.05, 4.69) is 36.6 Å². The Balaban J connectivity index is 1.30. The molecule has 19 heteroatoms. The lowest BCUT2D eigenvalue weighted by atomic mass is 10.0. The molecule has 2 aromatic heterocycles. The summed E-state index contributed by atoms with van der Waals surface area (Å²) in [6.45, 7) is 0. The van der Waals surface area contributed by atoms with Crippen LogP contribution < -0.4 is 21.7 Å². The molecule has 0 radical (unpaired) electrons. The molecule has 2 aliphatic heterocycles. The fourth-order valence-corrected chi connectivity index (χ4v) is 6.55. The first-order valence-electron chi connectivity index (χ1n) is 11.8. The number of carboxylic acid groups (broad SMARTS) is 1. The van der Waals surface area contributed by atoms with Crippen molar-refractivity contribution >= 4 is 47.3 Å². The van der Waals surface area contributed by atoms with E-state index in [1.807, 2.05) is 0 Å². The number of carboxylic acids is 1. The molecule has 17 nitrogen and oxygen atoms in total. The molecule has 1 aromatic carbocycles. The fourth-order valence-electron chi connectivity index (χ4n) is 4.21. The Labute approximate surface area is 238 Å². The molecular weight excluding hydrogens is 580 g/mol. The Morgan fingerprint density at radius 1 is 1.24 bits per heavy atom. The predicted octanol–water partition coefficient (Wildman–Crippen LogP) is -1.07. The first kappa shape index (κ1) is 27.8. The molecule has 41 heavy (non-hydrogen) atoms. The number of nitrogens with one attached hydrogen (secondary N) is 4. The van der Waals surface area contributed by atoms with Crippen LogP contribution in [0.4, 0.5) is 4.79 Å². The van der Waals surface area contributed by atoms with E-state index in [1.165, 1.54) is 28.2 Å². The van der Waals surface area contributed by atoms with Crippen molar-refractivity contribution in [1.82, 2.24) is 45.4 Å². The molecule has 214 valence electrons. The average molecular weight is 603 g/mol. The molecule has 4 heterocycles. The Morgan fingerprint density at radius 2 is 2.00 bits per heavy atom. The quantitative estimate of drug-likeness (QED) is 0.127. The topological polar surface area (TPSA) is 229 Å². The van der Waals surface area contributed by atoms with Gasteiger partial charge in [0.15, 0.2) is 0 Å². The third-order valence-electron chi connectivity index (χ3n) is 6.10. The summed E-state index contributed by atoms with van der Waals surface area (Å²) in [5.74, 6) is -2.55. The number of aliphatic carboxylic acids is 1. The summed E-state index contributed by atoms with van der Waals surface area (Å²) in [7, 11) is 1.65. The molecule has 0 bridgehead atoms. The average Bonchev–Trinajstić information content (AvgIpc) is 3.51. The molecule has 2 aliphatic rings. The van der Waals surface area contributed by atoms with Gasteiger partial charge in [-0.25, -0.2) is 29.2 Å². The number of aromatic amines is 1. The lowest BCUT2D eigenvalue weighted by Gasteiger charge is -2.49. The molecule has 0 aliphatic carbocycles. The van der Waals surface area contributed by atoms with Gasteiger partial charge in [-0.2, -0.15) is 0 Å². The zero-order valence-corrected chi connectivity index (χ0v) is 22.7. The van der Waals surface area contributed by atoms with Crippen molar-refractivity contribution in [1.29, 1.82) is 0 Å².